The van der Waals surface area contributed by atoms with Crippen molar-refractivity contribution in [1.82, 2.24) is 29.8 Å². The smallest absolute Gasteiger partial charge is 0.290 e. The summed E-state index contributed by atoms with van der Waals surface area (Å²) in [6.07, 6.45) is 1.82. The number of likely N-dealkylation sites (N-methyl/N-ethyl adjacent to an activating group) is 1. The predicted molar refractivity (Wildman–Crippen MR) is 146 cm³/mol. The second-order valence-corrected chi connectivity index (χ2v) is 10.9. The fraction of sp³-hybridized carbons (Fsp3) is 0.385. The van der Waals surface area contributed by atoms with E-state index in [0.29, 0.717) is 23.9 Å². The summed E-state index contributed by atoms with van der Waals surface area (Å²) in [6, 6.07) is 13.8. The summed E-state index contributed by atoms with van der Waals surface area (Å²) >= 11 is 1.51. The Labute approximate surface area is 218 Å². The lowest BCUT2D eigenvalue weighted by atomic mass is 10.1. The van der Waals surface area contributed by atoms with Crippen molar-refractivity contribution in [3.63, 3.8) is 0 Å². The van der Waals surface area contributed by atoms with Crippen LogP contribution in [0.4, 0.5) is 17.3 Å². The molecule has 1 fully saturated rings. The van der Waals surface area contributed by atoms with Gasteiger partial charge < -0.3 is 15.5 Å². The number of carbonyl (C=O) groups is 1. The molecule has 1 atom stereocenters. The molecule has 1 unspecified atom stereocenters. The highest BCUT2D eigenvalue weighted by atomic mass is 32.1. The molecule has 0 aliphatic carbocycles. The van der Waals surface area contributed by atoms with Crippen LogP contribution < -0.4 is 21.1 Å². The molecule has 10 nitrogen and oxygen atoms in total. The minimum Gasteiger partial charge on any atom is -0.353 e. The van der Waals surface area contributed by atoms with Crippen molar-refractivity contribution in [2.75, 3.05) is 36.9 Å². The van der Waals surface area contributed by atoms with Crippen molar-refractivity contribution < 1.29 is 4.79 Å². The number of anilines is 3. The van der Waals surface area contributed by atoms with E-state index < -0.39 is 0 Å². The van der Waals surface area contributed by atoms with Crippen LogP contribution in [-0.2, 0) is 20.1 Å². The molecular weight excluding hydrogens is 488 g/mol. The van der Waals surface area contributed by atoms with Gasteiger partial charge in [0.25, 0.3) is 11.5 Å². The maximum absolute atomic E-state index is 13.0. The average molecular weight is 519 g/mol. The number of thiophene rings is 1. The fourth-order valence-corrected chi connectivity index (χ4v) is 6.05. The van der Waals surface area contributed by atoms with E-state index >= 15 is 0 Å². The largest absolute Gasteiger partial charge is 0.353 e. The lowest BCUT2D eigenvalue weighted by molar-refractivity contribution is 0.0937. The number of piperidine rings is 1. The molecule has 0 saturated carbocycles. The fourth-order valence-electron chi connectivity index (χ4n) is 5.09. The van der Waals surface area contributed by atoms with Gasteiger partial charge in [-0.05, 0) is 37.4 Å². The number of aryl methyl sites for hydroxylation is 1. The van der Waals surface area contributed by atoms with Gasteiger partial charge in [0.2, 0.25) is 0 Å². The van der Waals surface area contributed by atoms with Gasteiger partial charge in [-0.25, -0.2) is 4.68 Å². The predicted octanol–water partition coefficient (Wildman–Crippen LogP) is 2.78. The molecule has 5 heterocycles. The van der Waals surface area contributed by atoms with Gasteiger partial charge in [0, 0.05) is 56.1 Å². The Morgan fingerprint density at radius 1 is 1.08 bits per heavy atom. The Kier molecular flexibility index (Phi) is 6.17. The zero-order valence-electron chi connectivity index (χ0n) is 21.0. The first-order valence-electron chi connectivity index (χ1n) is 12.6. The van der Waals surface area contributed by atoms with Crippen LogP contribution in [0.15, 0.2) is 47.3 Å². The molecule has 0 spiro atoms. The second kappa shape index (κ2) is 9.64. The number of hydrogen-bond donors (Lipinski definition) is 2. The highest BCUT2D eigenvalue weighted by Gasteiger charge is 2.25. The van der Waals surface area contributed by atoms with E-state index in [4.69, 9.17) is 0 Å². The van der Waals surface area contributed by atoms with Crippen LogP contribution in [0.1, 0.15) is 28.2 Å². The van der Waals surface area contributed by atoms with Crippen molar-refractivity contribution in [3.8, 4) is 0 Å². The number of carbonyl (C=O) groups excluding carboxylic acids is 1. The summed E-state index contributed by atoms with van der Waals surface area (Å²) in [6.45, 7) is 4.05. The topological polar surface area (TPSA) is 100 Å². The summed E-state index contributed by atoms with van der Waals surface area (Å²) in [4.78, 5) is 31.0. The van der Waals surface area contributed by atoms with Gasteiger partial charge in [-0.3, -0.25) is 19.2 Å². The zero-order valence-corrected chi connectivity index (χ0v) is 21.8. The minimum absolute atomic E-state index is 0.00115. The van der Waals surface area contributed by atoms with Crippen LogP contribution in [0.2, 0.25) is 0 Å². The molecule has 11 heteroatoms. The van der Waals surface area contributed by atoms with Crippen molar-refractivity contribution >= 4 is 44.7 Å². The van der Waals surface area contributed by atoms with Crippen LogP contribution in [0.5, 0.6) is 0 Å². The van der Waals surface area contributed by atoms with Crippen LogP contribution in [0, 0.1) is 0 Å². The monoisotopic (exact) mass is 518 g/mol. The Bertz CT molecular complexity index is 1490. The van der Waals surface area contributed by atoms with Crippen LogP contribution in [0.3, 0.4) is 0 Å². The van der Waals surface area contributed by atoms with Crippen molar-refractivity contribution in [2.24, 2.45) is 7.05 Å². The Morgan fingerprint density at radius 2 is 1.95 bits per heavy atom. The first-order valence-corrected chi connectivity index (χ1v) is 13.4. The Morgan fingerprint density at radius 3 is 2.81 bits per heavy atom. The molecule has 4 aromatic rings. The summed E-state index contributed by atoms with van der Waals surface area (Å²) in [5, 5.41) is 16.7. The molecule has 37 heavy (non-hydrogen) atoms. The van der Waals surface area contributed by atoms with Gasteiger partial charge in [0.1, 0.15) is 5.69 Å². The number of benzene rings is 1. The maximum Gasteiger partial charge on any atom is 0.290 e. The molecule has 3 aromatic heterocycles. The lowest BCUT2D eigenvalue weighted by Gasteiger charge is -2.34. The minimum atomic E-state index is -0.210. The molecule has 1 amide bonds. The van der Waals surface area contributed by atoms with Gasteiger partial charge in [0.15, 0.2) is 11.6 Å². The van der Waals surface area contributed by atoms with Crippen molar-refractivity contribution in [3.05, 3.63) is 63.4 Å². The van der Waals surface area contributed by atoms with Gasteiger partial charge in [-0.1, -0.05) is 18.2 Å². The van der Waals surface area contributed by atoms with E-state index in [-0.39, 0.29) is 17.5 Å². The van der Waals surface area contributed by atoms with Crippen molar-refractivity contribution in [2.45, 2.75) is 32.0 Å². The number of aromatic nitrogens is 4. The van der Waals surface area contributed by atoms with Crippen LogP contribution in [0.25, 0.3) is 10.1 Å². The molecule has 2 aliphatic heterocycles. The highest BCUT2D eigenvalue weighted by molar-refractivity contribution is 7.20. The quantitative estimate of drug-likeness (QED) is 0.419. The first-order chi connectivity index (χ1) is 17.9. The summed E-state index contributed by atoms with van der Waals surface area (Å²) < 4.78 is 4.46. The standard InChI is InChI=1S/C26H30N8O2S/c1-31-10-11-34-19(16-31)13-23(29-34)28-20-14-24(30-32(2)26(20)36)33-9-5-7-18(15-33)27-25(35)22-12-17-6-3-4-8-21(17)37-22/h3-4,6,8,12-14,18H,5,7,9-11,15-16H2,1-2H3,(H,27,35)(H,28,29). The number of amides is 1. The van der Waals surface area contributed by atoms with Gasteiger partial charge >= 0.3 is 0 Å². The van der Waals surface area contributed by atoms with E-state index in [0.717, 1.165) is 59.7 Å². The molecular formula is C26H30N8O2S. The average Bonchev–Trinajstić information content (AvgIpc) is 3.50. The zero-order chi connectivity index (χ0) is 25.5. The van der Waals surface area contributed by atoms with E-state index in [2.05, 4.69) is 37.7 Å². The second-order valence-electron chi connectivity index (χ2n) is 9.86. The summed E-state index contributed by atoms with van der Waals surface area (Å²) in [5.41, 5.74) is 1.35. The molecule has 192 valence electrons. The van der Waals surface area contributed by atoms with Gasteiger partial charge in [-0.2, -0.15) is 10.2 Å². The molecule has 0 radical (unpaired) electrons. The van der Waals surface area contributed by atoms with Gasteiger partial charge in [0.05, 0.1) is 17.1 Å². The number of nitrogens with one attached hydrogen (secondary N) is 2. The number of rotatable bonds is 5. The highest BCUT2D eigenvalue weighted by Crippen LogP contribution is 2.26. The Balaban J connectivity index is 1.18. The summed E-state index contributed by atoms with van der Waals surface area (Å²) in [7, 11) is 3.75. The van der Waals surface area contributed by atoms with E-state index in [1.807, 2.05) is 41.1 Å². The van der Waals surface area contributed by atoms with Crippen LogP contribution in [-0.4, -0.2) is 63.1 Å². The van der Waals surface area contributed by atoms with E-state index in [1.54, 1.807) is 13.1 Å². The molecule has 6 rings (SSSR count). The Hall–Kier alpha value is -3.70. The summed E-state index contributed by atoms with van der Waals surface area (Å²) in [5.74, 6) is 1.32. The molecule has 0 bridgehead atoms. The van der Waals surface area contributed by atoms with Crippen molar-refractivity contribution in [1.29, 1.82) is 0 Å². The maximum atomic E-state index is 13.0. The first kappa shape index (κ1) is 23.7. The number of nitrogens with zero attached hydrogens (tertiary/aromatic N) is 6. The third-order valence-corrected chi connectivity index (χ3v) is 8.15. The molecule has 2 N–H and O–H groups in total. The van der Waals surface area contributed by atoms with E-state index in [1.165, 1.54) is 16.0 Å². The lowest BCUT2D eigenvalue weighted by Crippen LogP contribution is -2.48. The van der Waals surface area contributed by atoms with Crippen LogP contribution >= 0.6 is 11.3 Å². The SMILES string of the molecule is CN1CCn2nc(Nc3cc(N4CCCC(NC(=O)c5cc6ccccc6s5)C4)nn(C)c3=O)cc2C1. The van der Waals surface area contributed by atoms with E-state index in [9.17, 15) is 9.59 Å². The number of fused-ring (bicyclic) bond motifs is 2. The molecule has 1 aromatic carbocycles. The normalized spacial score (nSPS) is 18.1. The third kappa shape index (κ3) is 4.84. The molecule has 1 saturated heterocycles. The van der Waals surface area contributed by atoms with Gasteiger partial charge in [-0.15, -0.1) is 11.3 Å². The number of hydrogen-bond acceptors (Lipinski definition) is 8. The third-order valence-electron chi connectivity index (χ3n) is 7.03. The molecule has 2 aliphatic rings.